The Bertz CT molecular complexity index is 1110. The van der Waals surface area contributed by atoms with Gasteiger partial charge in [0, 0.05) is 43.2 Å². The van der Waals surface area contributed by atoms with Gasteiger partial charge in [-0.2, -0.15) is 0 Å². The lowest BCUT2D eigenvalue weighted by atomic mass is 9.96. The van der Waals surface area contributed by atoms with Gasteiger partial charge in [-0.3, -0.25) is 14.6 Å². The van der Waals surface area contributed by atoms with Crippen LogP contribution in [0, 0.1) is 6.92 Å². The van der Waals surface area contributed by atoms with E-state index in [9.17, 15) is 9.59 Å². The number of carbonyl (C=O) groups is 1. The van der Waals surface area contributed by atoms with E-state index in [4.69, 9.17) is 4.74 Å². The van der Waals surface area contributed by atoms with E-state index < -0.39 is 0 Å². The Hall–Kier alpha value is -3.41. The summed E-state index contributed by atoms with van der Waals surface area (Å²) in [6, 6.07) is 9.71. The maximum Gasteiger partial charge on any atom is 0.253 e. The molecular weight excluding hydrogens is 366 g/mol. The first-order valence-electron chi connectivity index (χ1n) is 9.63. The Morgan fingerprint density at radius 3 is 2.72 bits per heavy atom. The molecule has 0 radical (unpaired) electrons. The quantitative estimate of drug-likeness (QED) is 0.737. The number of nitrogens with one attached hydrogen (secondary N) is 1. The maximum absolute atomic E-state index is 12.1. The fraction of sp³-hybridized carbons (Fsp3) is 0.261. The summed E-state index contributed by atoms with van der Waals surface area (Å²) in [7, 11) is 1.75. The summed E-state index contributed by atoms with van der Waals surface area (Å²) in [5.74, 6) is 0.607. The number of pyridine rings is 2. The molecule has 4 rings (SSSR count). The minimum atomic E-state index is -0.233. The standard InChI is InChI=1S/C23H23N3O3/c1-14-9-19(13-26(3)23(14)28)18-10-16-6-7-21(27)25-22(16)20(11-18)29-15(2)17-5-4-8-24-12-17/h4-5,8-13,15H,6-7H2,1-3H3,(H,25,27). The molecule has 1 amide bonds. The van der Waals surface area contributed by atoms with Crippen LogP contribution in [0.4, 0.5) is 5.69 Å². The number of ether oxygens (including phenoxy) is 1. The van der Waals surface area contributed by atoms with Crippen molar-refractivity contribution in [2.75, 3.05) is 5.32 Å². The first-order valence-corrected chi connectivity index (χ1v) is 9.63. The fourth-order valence-corrected chi connectivity index (χ4v) is 3.63. The molecule has 2 aromatic heterocycles. The molecule has 0 aliphatic carbocycles. The van der Waals surface area contributed by atoms with Gasteiger partial charge >= 0.3 is 0 Å². The Morgan fingerprint density at radius 2 is 2.00 bits per heavy atom. The maximum atomic E-state index is 12.1. The lowest BCUT2D eigenvalue weighted by molar-refractivity contribution is -0.116. The zero-order chi connectivity index (χ0) is 20.5. The highest BCUT2D eigenvalue weighted by atomic mass is 16.5. The summed E-state index contributed by atoms with van der Waals surface area (Å²) in [6.45, 7) is 3.77. The summed E-state index contributed by atoms with van der Waals surface area (Å²) in [6.07, 6.45) is 6.19. The molecule has 0 fully saturated rings. The van der Waals surface area contributed by atoms with Crippen LogP contribution in [0.5, 0.6) is 5.75 Å². The third-order valence-corrected chi connectivity index (χ3v) is 5.22. The van der Waals surface area contributed by atoms with E-state index in [-0.39, 0.29) is 17.6 Å². The summed E-state index contributed by atoms with van der Waals surface area (Å²) in [5, 5.41) is 2.96. The van der Waals surface area contributed by atoms with Crippen LogP contribution in [0.25, 0.3) is 11.1 Å². The molecule has 1 unspecified atom stereocenters. The summed E-state index contributed by atoms with van der Waals surface area (Å²) in [4.78, 5) is 28.2. The van der Waals surface area contributed by atoms with Gasteiger partial charge in [-0.15, -0.1) is 0 Å². The average Bonchev–Trinajstić information content (AvgIpc) is 2.72. The number of benzene rings is 1. The minimum Gasteiger partial charge on any atom is -0.484 e. The van der Waals surface area contributed by atoms with Crippen molar-refractivity contribution in [3.8, 4) is 16.9 Å². The highest BCUT2D eigenvalue weighted by Gasteiger charge is 2.22. The average molecular weight is 389 g/mol. The number of amides is 1. The molecule has 1 aliphatic rings. The van der Waals surface area contributed by atoms with Crippen molar-refractivity contribution in [1.82, 2.24) is 9.55 Å². The van der Waals surface area contributed by atoms with Gasteiger partial charge in [0.15, 0.2) is 0 Å². The van der Waals surface area contributed by atoms with Gasteiger partial charge in [0.2, 0.25) is 5.91 Å². The van der Waals surface area contributed by atoms with Gasteiger partial charge in [0.05, 0.1) is 5.69 Å². The van der Waals surface area contributed by atoms with Crippen molar-refractivity contribution in [3.05, 3.63) is 76.0 Å². The van der Waals surface area contributed by atoms with Gasteiger partial charge in [0.1, 0.15) is 11.9 Å². The molecule has 1 aromatic carbocycles. The molecule has 6 nitrogen and oxygen atoms in total. The van der Waals surface area contributed by atoms with Crippen LogP contribution in [-0.4, -0.2) is 15.5 Å². The van der Waals surface area contributed by atoms with Crippen LogP contribution in [0.3, 0.4) is 0 Å². The molecule has 0 saturated carbocycles. The smallest absolute Gasteiger partial charge is 0.253 e. The van der Waals surface area contributed by atoms with Gasteiger partial charge in [-0.1, -0.05) is 6.07 Å². The molecule has 0 bridgehead atoms. The molecule has 3 heterocycles. The molecule has 0 spiro atoms. The van der Waals surface area contributed by atoms with Crippen molar-refractivity contribution in [1.29, 1.82) is 0 Å². The van der Waals surface area contributed by atoms with E-state index in [0.717, 1.165) is 27.9 Å². The number of nitrogens with zero attached hydrogens (tertiary/aromatic N) is 2. The summed E-state index contributed by atoms with van der Waals surface area (Å²) >= 11 is 0. The second-order valence-electron chi connectivity index (χ2n) is 7.43. The predicted octanol–water partition coefficient (Wildman–Crippen LogP) is 3.78. The lowest BCUT2D eigenvalue weighted by Crippen LogP contribution is -2.21. The van der Waals surface area contributed by atoms with Crippen molar-refractivity contribution in [2.24, 2.45) is 7.05 Å². The Labute approximate surface area is 169 Å². The van der Waals surface area contributed by atoms with Crippen molar-refractivity contribution in [2.45, 2.75) is 32.8 Å². The second-order valence-corrected chi connectivity index (χ2v) is 7.43. The molecule has 29 heavy (non-hydrogen) atoms. The molecule has 0 saturated heterocycles. The summed E-state index contributed by atoms with van der Waals surface area (Å²) < 4.78 is 7.86. The lowest BCUT2D eigenvalue weighted by Gasteiger charge is -2.24. The number of hydrogen-bond acceptors (Lipinski definition) is 4. The number of fused-ring (bicyclic) bond motifs is 1. The number of hydrogen-bond donors (Lipinski definition) is 1. The van der Waals surface area contributed by atoms with Crippen LogP contribution >= 0.6 is 0 Å². The van der Waals surface area contributed by atoms with Crippen LogP contribution in [0.2, 0.25) is 0 Å². The third kappa shape index (κ3) is 3.78. The first-order chi connectivity index (χ1) is 13.9. The van der Waals surface area contributed by atoms with Crippen molar-refractivity contribution < 1.29 is 9.53 Å². The van der Waals surface area contributed by atoms with Crippen molar-refractivity contribution in [3.63, 3.8) is 0 Å². The van der Waals surface area contributed by atoms with Gasteiger partial charge in [-0.05, 0) is 61.2 Å². The normalized spacial score (nSPS) is 14.1. The van der Waals surface area contributed by atoms with E-state index in [1.54, 1.807) is 24.0 Å². The number of aromatic nitrogens is 2. The van der Waals surface area contributed by atoms with E-state index in [1.165, 1.54) is 0 Å². The summed E-state index contributed by atoms with van der Waals surface area (Å²) in [5.41, 5.74) is 5.26. The zero-order valence-electron chi connectivity index (χ0n) is 16.7. The molecular formula is C23H23N3O3. The SMILES string of the molecule is Cc1cc(-c2cc3c(c(OC(C)c4cccnc4)c2)NC(=O)CC3)cn(C)c1=O. The Balaban J connectivity index is 1.80. The van der Waals surface area contributed by atoms with Gasteiger partial charge in [0.25, 0.3) is 5.56 Å². The topological polar surface area (TPSA) is 73.2 Å². The Morgan fingerprint density at radius 1 is 1.17 bits per heavy atom. The van der Waals surface area contributed by atoms with Crippen LogP contribution in [0.1, 0.15) is 36.1 Å². The largest absolute Gasteiger partial charge is 0.484 e. The third-order valence-electron chi connectivity index (χ3n) is 5.22. The van der Waals surface area contributed by atoms with E-state index in [2.05, 4.69) is 16.4 Å². The number of anilines is 1. The highest BCUT2D eigenvalue weighted by Crippen LogP contribution is 2.39. The van der Waals surface area contributed by atoms with E-state index in [1.807, 2.05) is 44.3 Å². The van der Waals surface area contributed by atoms with Crippen LogP contribution in [0.15, 0.2) is 53.7 Å². The fourth-order valence-electron chi connectivity index (χ4n) is 3.63. The first kappa shape index (κ1) is 18.9. The molecule has 1 atom stereocenters. The van der Waals surface area contributed by atoms with Gasteiger partial charge in [-0.25, -0.2) is 0 Å². The van der Waals surface area contributed by atoms with Crippen LogP contribution < -0.4 is 15.6 Å². The molecule has 1 aliphatic heterocycles. The van der Waals surface area contributed by atoms with E-state index in [0.29, 0.717) is 24.2 Å². The number of carbonyl (C=O) groups excluding carboxylic acids is 1. The van der Waals surface area contributed by atoms with Crippen molar-refractivity contribution >= 4 is 11.6 Å². The number of aryl methyl sites for hydroxylation is 3. The Kier molecular flexibility index (Phi) is 4.92. The second kappa shape index (κ2) is 7.54. The van der Waals surface area contributed by atoms with E-state index >= 15 is 0 Å². The molecule has 3 aromatic rings. The monoisotopic (exact) mass is 389 g/mol. The highest BCUT2D eigenvalue weighted by molar-refractivity contribution is 5.96. The predicted molar refractivity (Wildman–Crippen MR) is 112 cm³/mol. The zero-order valence-corrected chi connectivity index (χ0v) is 16.7. The molecule has 1 N–H and O–H groups in total. The number of rotatable bonds is 4. The van der Waals surface area contributed by atoms with Crippen LogP contribution in [-0.2, 0) is 18.3 Å². The molecule has 6 heteroatoms. The minimum absolute atomic E-state index is 0.0120. The van der Waals surface area contributed by atoms with Gasteiger partial charge < -0.3 is 14.6 Å². The molecule has 148 valence electrons.